The van der Waals surface area contributed by atoms with Gasteiger partial charge in [0, 0.05) is 31.2 Å². The Bertz CT molecular complexity index is 918. The summed E-state index contributed by atoms with van der Waals surface area (Å²) >= 11 is 6.44. The summed E-state index contributed by atoms with van der Waals surface area (Å²) in [6.07, 6.45) is -2.66. The van der Waals surface area contributed by atoms with Crippen molar-refractivity contribution in [2.45, 2.75) is 6.18 Å². The summed E-state index contributed by atoms with van der Waals surface area (Å²) in [4.78, 5) is 1.64. The van der Waals surface area contributed by atoms with E-state index in [2.05, 4.69) is 4.37 Å². The molecule has 0 bridgehead atoms. The lowest BCUT2D eigenvalue weighted by Crippen LogP contribution is -2.25. The monoisotopic (exact) mass is 382 g/mol. The molecule has 0 saturated carbocycles. The van der Waals surface area contributed by atoms with Crippen LogP contribution >= 0.6 is 23.8 Å². The maximum Gasteiger partial charge on any atom is 0.416 e. The minimum absolute atomic E-state index is 0.261. The fraction of sp³-hybridized carbons (Fsp3) is 0.176. The first kappa shape index (κ1) is 17.6. The highest BCUT2D eigenvalue weighted by molar-refractivity contribution is 7.80. The number of thiocarbonyl (C=S) groups is 1. The van der Waals surface area contributed by atoms with Gasteiger partial charge in [0.15, 0.2) is 0 Å². The lowest BCUT2D eigenvalue weighted by molar-refractivity contribution is -0.137. The van der Waals surface area contributed by atoms with E-state index < -0.39 is 11.7 Å². The zero-order valence-electron chi connectivity index (χ0n) is 13.3. The van der Waals surface area contributed by atoms with Crippen LogP contribution in [-0.2, 0) is 6.18 Å². The summed E-state index contributed by atoms with van der Waals surface area (Å²) in [7, 11) is 3.51. The van der Waals surface area contributed by atoms with Gasteiger partial charge in [0.25, 0.3) is 5.17 Å². The number of benzene rings is 2. The topological polar surface area (TPSA) is 25.4 Å². The minimum atomic E-state index is -4.37. The molecule has 0 radical (unpaired) electrons. The normalized spacial score (nSPS) is 11.6. The van der Waals surface area contributed by atoms with Crippen LogP contribution in [0.2, 0.25) is 0 Å². The first-order valence-electron chi connectivity index (χ1n) is 7.21. The number of fused-ring (bicyclic) bond motifs is 1. The summed E-state index contributed by atoms with van der Waals surface area (Å²) < 4.78 is 49.2. The Labute approximate surface area is 151 Å². The van der Waals surface area contributed by atoms with E-state index in [9.17, 15) is 13.2 Å². The van der Waals surface area contributed by atoms with Gasteiger partial charge in [-0.1, -0.05) is 12.1 Å². The van der Waals surface area contributed by atoms with Gasteiger partial charge in [-0.3, -0.25) is 0 Å². The van der Waals surface area contributed by atoms with E-state index in [1.807, 2.05) is 6.07 Å². The predicted octanol–water partition coefficient (Wildman–Crippen LogP) is 5.21. The zero-order valence-corrected chi connectivity index (χ0v) is 14.9. The van der Waals surface area contributed by atoms with E-state index in [1.165, 1.54) is 23.7 Å². The highest BCUT2D eigenvalue weighted by atomic mass is 32.1. The van der Waals surface area contributed by atoms with Crippen LogP contribution in [0.1, 0.15) is 5.56 Å². The van der Waals surface area contributed by atoms with Crippen LogP contribution in [0.25, 0.3) is 21.2 Å². The van der Waals surface area contributed by atoms with Gasteiger partial charge in [0.1, 0.15) is 5.75 Å². The van der Waals surface area contributed by atoms with Crippen LogP contribution < -0.4 is 4.74 Å². The van der Waals surface area contributed by atoms with E-state index in [4.69, 9.17) is 17.0 Å². The van der Waals surface area contributed by atoms with Gasteiger partial charge in [-0.15, -0.1) is 0 Å². The molecule has 0 spiro atoms. The quantitative estimate of drug-likeness (QED) is 0.569. The van der Waals surface area contributed by atoms with E-state index >= 15 is 0 Å². The van der Waals surface area contributed by atoms with Crippen LogP contribution in [0.4, 0.5) is 13.2 Å². The van der Waals surface area contributed by atoms with Crippen molar-refractivity contribution in [2.75, 3.05) is 14.1 Å². The van der Waals surface area contributed by atoms with E-state index in [-0.39, 0.29) is 5.17 Å². The highest BCUT2D eigenvalue weighted by Crippen LogP contribution is 2.40. The molecule has 3 nitrogen and oxygen atoms in total. The van der Waals surface area contributed by atoms with Crippen LogP contribution in [0, 0.1) is 0 Å². The van der Waals surface area contributed by atoms with Crippen molar-refractivity contribution in [3.8, 4) is 16.9 Å². The molecule has 0 unspecified atom stereocenters. The van der Waals surface area contributed by atoms with Crippen molar-refractivity contribution >= 4 is 39.0 Å². The molecule has 0 atom stereocenters. The molecule has 2 aromatic carbocycles. The van der Waals surface area contributed by atoms with Crippen molar-refractivity contribution in [1.82, 2.24) is 9.27 Å². The third kappa shape index (κ3) is 3.59. The number of ether oxygens (including phenoxy) is 1. The summed E-state index contributed by atoms with van der Waals surface area (Å²) in [5, 5.41) is 1.15. The van der Waals surface area contributed by atoms with Crippen LogP contribution in [0.3, 0.4) is 0 Å². The number of halogens is 3. The Hall–Kier alpha value is -2.19. The average Bonchev–Trinajstić information content (AvgIpc) is 3.02. The lowest BCUT2D eigenvalue weighted by Gasteiger charge is -2.17. The smallest absolute Gasteiger partial charge is 0.416 e. The van der Waals surface area contributed by atoms with Gasteiger partial charge < -0.3 is 9.64 Å². The summed E-state index contributed by atoms with van der Waals surface area (Å²) in [5.41, 5.74) is 0.594. The highest BCUT2D eigenvalue weighted by Gasteiger charge is 2.30. The molecule has 0 aliphatic rings. The lowest BCUT2D eigenvalue weighted by atomic mass is 10.0. The summed E-state index contributed by atoms with van der Waals surface area (Å²) in [6, 6.07) is 8.58. The molecule has 0 aliphatic heterocycles. The second-order valence-electron chi connectivity index (χ2n) is 5.52. The maximum atomic E-state index is 12.8. The minimum Gasteiger partial charge on any atom is -0.431 e. The van der Waals surface area contributed by atoms with E-state index in [0.29, 0.717) is 16.9 Å². The first-order chi connectivity index (χ1) is 11.8. The third-order valence-corrected chi connectivity index (χ3v) is 4.83. The van der Waals surface area contributed by atoms with Crippen molar-refractivity contribution < 1.29 is 17.9 Å². The molecule has 8 heteroatoms. The van der Waals surface area contributed by atoms with Gasteiger partial charge in [0.2, 0.25) is 0 Å². The predicted molar refractivity (Wildman–Crippen MR) is 97.0 cm³/mol. The number of nitrogens with zero attached hydrogens (tertiary/aromatic N) is 2. The van der Waals surface area contributed by atoms with Crippen molar-refractivity contribution in [3.05, 3.63) is 48.2 Å². The molecular weight excluding hydrogens is 369 g/mol. The second kappa shape index (κ2) is 6.61. The number of aromatic nitrogens is 1. The molecule has 25 heavy (non-hydrogen) atoms. The van der Waals surface area contributed by atoms with Crippen molar-refractivity contribution in [2.24, 2.45) is 0 Å². The Kier molecular flexibility index (Phi) is 4.66. The van der Waals surface area contributed by atoms with Gasteiger partial charge >= 0.3 is 6.18 Å². The molecular formula is C17H13F3N2OS2. The van der Waals surface area contributed by atoms with Gasteiger partial charge in [-0.05, 0) is 53.6 Å². The molecule has 0 amide bonds. The fourth-order valence-electron chi connectivity index (χ4n) is 2.29. The Balaban J connectivity index is 2.12. The zero-order chi connectivity index (χ0) is 18.2. The van der Waals surface area contributed by atoms with Crippen molar-refractivity contribution in [1.29, 1.82) is 0 Å². The van der Waals surface area contributed by atoms with Crippen LogP contribution in [0.5, 0.6) is 5.75 Å². The van der Waals surface area contributed by atoms with Crippen LogP contribution in [0.15, 0.2) is 42.6 Å². The largest absolute Gasteiger partial charge is 0.431 e. The molecule has 3 aromatic rings. The summed E-state index contributed by atoms with van der Waals surface area (Å²) in [5.74, 6) is 0.482. The molecule has 0 fully saturated rings. The SMILES string of the molecule is CN(C)C(=S)Oc1ccc2cnsc2c1-c1ccc(C(F)(F)F)cc1. The maximum absolute atomic E-state index is 12.8. The summed E-state index contributed by atoms with van der Waals surface area (Å²) in [6.45, 7) is 0. The third-order valence-electron chi connectivity index (χ3n) is 3.55. The number of hydrogen-bond donors (Lipinski definition) is 0. The second-order valence-corrected chi connectivity index (χ2v) is 6.67. The fourth-order valence-corrected chi connectivity index (χ4v) is 3.18. The van der Waals surface area contributed by atoms with Crippen molar-refractivity contribution in [3.63, 3.8) is 0 Å². The van der Waals surface area contributed by atoms with Crippen LogP contribution in [-0.4, -0.2) is 28.5 Å². The molecule has 130 valence electrons. The molecule has 0 saturated heterocycles. The number of alkyl halides is 3. The van der Waals surface area contributed by atoms with Gasteiger partial charge in [-0.2, -0.15) is 17.5 Å². The number of rotatable bonds is 2. The Morgan fingerprint density at radius 3 is 2.40 bits per heavy atom. The molecule has 1 aromatic heterocycles. The molecule has 0 aliphatic carbocycles. The Morgan fingerprint density at radius 1 is 1.12 bits per heavy atom. The standard InChI is InChI=1S/C17H13F3N2OS2/c1-22(2)16(24)23-13-8-5-11-9-21-25-15(11)14(13)10-3-6-12(7-4-10)17(18,19)20/h3-9H,1-2H3. The number of hydrogen-bond acceptors (Lipinski definition) is 4. The van der Waals surface area contributed by atoms with Gasteiger partial charge in [0.05, 0.1) is 10.3 Å². The van der Waals surface area contributed by atoms with E-state index in [1.54, 1.807) is 31.3 Å². The Morgan fingerprint density at radius 2 is 1.80 bits per heavy atom. The first-order valence-corrected chi connectivity index (χ1v) is 8.39. The average molecular weight is 382 g/mol. The van der Waals surface area contributed by atoms with E-state index in [0.717, 1.165) is 22.2 Å². The molecule has 3 rings (SSSR count). The molecule has 0 N–H and O–H groups in total. The van der Waals surface area contributed by atoms with Gasteiger partial charge in [-0.25, -0.2) is 0 Å². The molecule has 1 heterocycles.